The van der Waals surface area contributed by atoms with E-state index in [4.69, 9.17) is 0 Å². The van der Waals surface area contributed by atoms with Crippen LogP contribution in [-0.2, 0) is 17.8 Å². The molecule has 3 amide bonds. The zero-order chi connectivity index (χ0) is 17.4. The van der Waals surface area contributed by atoms with Crippen LogP contribution in [0.15, 0.2) is 54.7 Å². The summed E-state index contributed by atoms with van der Waals surface area (Å²) in [7, 11) is 0. The minimum Gasteiger partial charge on any atom is -0.361 e. The van der Waals surface area contributed by atoms with Crippen LogP contribution in [0.3, 0.4) is 0 Å². The van der Waals surface area contributed by atoms with Crippen molar-refractivity contribution in [3.63, 3.8) is 0 Å². The van der Waals surface area contributed by atoms with E-state index in [1.165, 1.54) is 12.1 Å². The molecule has 25 heavy (non-hydrogen) atoms. The number of hydrogen-bond acceptors (Lipinski definition) is 2. The van der Waals surface area contributed by atoms with E-state index >= 15 is 0 Å². The Kier molecular flexibility index (Phi) is 3.72. The molecule has 1 aromatic heterocycles. The molecular weight excluding hydrogens is 321 g/mol. The number of aromatic nitrogens is 1. The molecule has 2 N–H and O–H groups in total. The third kappa shape index (κ3) is 2.87. The molecule has 0 aliphatic carbocycles. The summed E-state index contributed by atoms with van der Waals surface area (Å²) in [5.41, 5.74) is 2.55. The summed E-state index contributed by atoms with van der Waals surface area (Å²) in [5, 5.41) is 3.76. The van der Waals surface area contributed by atoms with Crippen molar-refractivity contribution in [3.05, 3.63) is 71.7 Å². The molecule has 1 unspecified atom stereocenters. The average molecular weight is 337 g/mol. The highest BCUT2D eigenvalue weighted by molar-refractivity contribution is 6.04. The smallest absolute Gasteiger partial charge is 0.325 e. The largest absolute Gasteiger partial charge is 0.361 e. The Hall–Kier alpha value is -3.15. The molecule has 1 atom stereocenters. The first-order valence-electron chi connectivity index (χ1n) is 8.03. The molecule has 5 nitrogen and oxygen atoms in total. The summed E-state index contributed by atoms with van der Waals surface area (Å²) in [6.45, 7) is 0.0623. The van der Waals surface area contributed by atoms with E-state index in [1.807, 2.05) is 30.5 Å². The third-order valence-electron chi connectivity index (χ3n) is 4.44. The van der Waals surface area contributed by atoms with E-state index in [9.17, 15) is 14.0 Å². The van der Waals surface area contributed by atoms with Gasteiger partial charge in [-0.05, 0) is 29.3 Å². The third-order valence-corrected chi connectivity index (χ3v) is 4.44. The van der Waals surface area contributed by atoms with Gasteiger partial charge in [-0.1, -0.05) is 30.3 Å². The fourth-order valence-corrected chi connectivity index (χ4v) is 3.20. The van der Waals surface area contributed by atoms with Crippen LogP contribution < -0.4 is 5.32 Å². The maximum absolute atomic E-state index is 13.3. The number of urea groups is 1. The maximum Gasteiger partial charge on any atom is 0.325 e. The number of rotatable bonds is 4. The van der Waals surface area contributed by atoms with E-state index in [0.717, 1.165) is 21.4 Å². The molecule has 1 aliphatic heterocycles. The normalized spacial score (nSPS) is 17.3. The molecule has 1 aliphatic rings. The SMILES string of the molecule is O=C1NC(Cc2c[nH]c3ccccc23)C(=O)N1Cc1cccc(F)c1. The standard InChI is InChI=1S/C19H16FN3O2/c20-14-5-3-4-12(8-14)11-23-18(24)17(22-19(23)25)9-13-10-21-16-7-2-1-6-15(13)16/h1-8,10,17,21H,9,11H2,(H,22,25). The van der Waals surface area contributed by atoms with Gasteiger partial charge < -0.3 is 10.3 Å². The Morgan fingerprint density at radius 1 is 1.08 bits per heavy atom. The summed E-state index contributed by atoms with van der Waals surface area (Å²) in [5.74, 6) is -0.681. The highest BCUT2D eigenvalue weighted by atomic mass is 19.1. The summed E-state index contributed by atoms with van der Waals surface area (Å²) in [4.78, 5) is 29.1. The lowest BCUT2D eigenvalue weighted by atomic mass is 10.0. The number of imide groups is 1. The fourth-order valence-electron chi connectivity index (χ4n) is 3.20. The highest BCUT2D eigenvalue weighted by Crippen LogP contribution is 2.22. The highest BCUT2D eigenvalue weighted by Gasteiger charge is 2.38. The molecule has 4 rings (SSSR count). The van der Waals surface area contributed by atoms with Crippen molar-refractivity contribution in [2.24, 2.45) is 0 Å². The topological polar surface area (TPSA) is 65.2 Å². The number of fused-ring (bicyclic) bond motifs is 1. The molecule has 6 heteroatoms. The van der Waals surface area contributed by atoms with Crippen LogP contribution >= 0.6 is 0 Å². The predicted molar refractivity (Wildman–Crippen MR) is 91.3 cm³/mol. The van der Waals surface area contributed by atoms with Crippen LogP contribution in [0.2, 0.25) is 0 Å². The molecule has 126 valence electrons. The molecule has 1 fully saturated rings. The van der Waals surface area contributed by atoms with Crippen molar-refractivity contribution in [1.82, 2.24) is 15.2 Å². The van der Waals surface area contributed by atoms with Gasteiger partial charge in [0.05, 0.1) is 6.54 Å². The second kappa shape index (κ2) is 6.05. The van der Waals surface area contributed by atoms with Gasteiger partial charge >= 0.3 is 6.03 Å². The Balaban J connectivity index is 1.53. The number of aromatic amines is 1. The Bertz CT molecular complexity index is 966. The van der Waals surface area contributed by atoms with Crippen molar-refractivity contribution in [2.45, 2.75) is 19.0 Å². The Labute approximate surface area is 143 Å². The average Bonchev–Trinajstić information content (AvgIpc) is 3.12. The van der Waals surface area contributed by atoms with Gasteiger partial charge in [0, 0.05) is 23.5 Å². The first-order valence-corrected chi connectivity index (χ1v) is 8.03. The molecule has 0 bridgehead atoms. The van der Waals surface area contributed by atoms with Gasteiger partial charge in [-0.3, -0.25) is 9.69 Å². The zero-order valence-electron chi connectivity index (χ0n) is 13.3. The Morgan fingerprint density at radius 3 is 2.76 bits per heavy atom. The van der Waals surface area contributed by atoms with E-state index in [-0.39, 0.29) is 18.3 Å². The van der Waals surface area contributed by atoms with Crippen molar-refractivity contribution in [2.75, 3.05) is 0 Å². The van der Waals surface area contributed by atoms with E-state index in [2.05, 4.69) is 10.3 Å². The maximum atomic E-state index is 13.3. The quantitative estimate of drug-likeness (QED) is 0.719. The fraction of sp³-hybridized carbons (Fsp3) is 0.158. The van der Waals surface area contributed by atoms with Crippen LogP contribution in [0.4, 0.5) is 9.18 Å². The second-order valence-electron chi connectivity index (χ2n) is 6.12. The molecule has 0 radical (unpaired) electrons. The minimum atomic E-state index is -0.611. The van der Waals surface area contributed by atoms with Crippen molar-refractivity contribution in [1.29, 1.82) is 0 Å². The van der Waals surface area contributed by atoms with Crippen molar-refractivity contribution in [3.8, 4) is 0 Å². The van der Waals surface area contributed by atoms with Crippen LogP contribution in [-0.4, -0.2) is 27.9 Å². The number of H-pyrrole nitrogens is 1. The van der Waals surface area contributed by atoms with Gasteiger partial charge in [-0.2, -0.15) is 0 Å². The Morgan fingerprint density at radius 2 is 1.92 bits per heavy atom. The van der Waals surface area contributed by atoms with E-state index < -0.39 is 12.1 Å². The lowest BCUT2D eigenvalue weighted by Crippen LogP contribution is -2.32. The van der Waals surface area contributed by atoms with Gasteiger partial charge in [-0.15, -0.1) is 0 Å². The molecule has 0 spiro atoms. The molecular formula is C19H16FN3O2. The number of benzene rings is 2. The van der Waals surface area contributed by atoms with Crippen LogP contribution in [0, 0.1) is 5.82 Å². The summed E-state index contributed by atoms with van der Waals surface area (Å²) in [6.07, 6.45) is 2.27. The number of halogens is 1. The minimum absolute atomic E-state index is 0.0623. The molecule has 2 aromatic carbocycles. The van der Waals surface area contributed by atoms with Crippen molar-refractivity contribution >= 4 is 22.8 Å². The lowest BCUT2D eigenvalue weighted by molar-refractivity contribution is -0.127. The first kappa shape index (κ1) is 15.4. The summed E-state index contributed by atoms with van der Waals surface area (Å²) in [6, 6.07) is 12.7. The van der Waals surface area contributed by atoms with Gasteiger partial charge in [0.1, 0.15) is 11.9 Å². The van der Waals surface area contributed by atoms with Gasteiger partial charge in [0.2, 0.25) is 0 Å². The summed E-state index contributed by atoms with van der Waals surface area (Å²) >= 11 is 0. The predicted octanol–water partition coefficient (Wildman–Crippen LogP) is 2.97. The van der Waals surface area contributed by atoms with Gasteiger partial charge in [-0.25, -0.2) is 9.18 Å². The monoisotopic (exact) mass is 337 g/mol. The number of amides is 3. The molecule has 3 aromatic rings. The number of hydrogen-bond donors (Lipinski definition) is 2. The number of nitrogens with zero attached hydrogens (tertiary/aromatic N) is 1. The lowest BCUT2D eigenvalue weighted by Gasteiger charge is -2.13. The summed E-state index contributed by atoms with van der Waals surface area (Å²) < 4.78 is 13.3. The van der Waals surface area contributed by atoms with Gasteiger partial charge in [0.25, 0.3) is 5.91 Å². The molecule has 2 heterocycles. The number of carbonyl (C=O) groups excluding carboxylic acids is 2. The number of carbonyl (C=O) groups is 2. The van der Waals surface area contributed by atoms with Crippen molar-refractivity contribution < 1.29 is 14.0 Å². The van der Waals surface area contributed by atoms with Crippen LogP contribution in [0.5, 0.6) is 0 Å². The van der Waals surface area contributed by atoms with Crippen LogP contribution in [0.1, 0.15) is 11.1 Å². The second-order valence-corrected chi connectivity index (χ2v) is 6.12. The van der Waals surface area contributed by atoms with Gasteiger partial charge in [0.15, 0.2) is 0 Å². The van der Waals surface area contributed by atoms with E-state index in [1.54, 1.807) is 12.1 Å². The number of nitrogens with one attached hydrogen (secondary N) is 2. The van der Waals surface area contributed by atoms with E-state index in [0.29, 0.717) is 12.0 Å². The molecule has 1 saturated heterocycles. The number of para-hydroxylation sites is 1. The first-order chi connectivity index (χ1) is 12.1. The van der Waals surface area contributed by atoms with Crippen LogP contribution in [0.25, 0.3) is 10.9 Å². The zero-order valence-corrected chi connectivity index (χ0v) is 13.3. The molecule has 0 saturated carbocycles.